The number of ether oxygens (including phenoxy) is 1. The first-order chi connectivity index (χ1) is 10.3. The number of carbonyl (C=O) groups is 1. The zero-order valence-electron chi connectivity index (χ0n) is 11.7. The first-order valence-electron chi connectivity index (χ1n) is 6.64. The Bertz CT molecular complexity index is 720. The van der Waals surface area contributed by atoms with E-state index < -0.39 is 5.97 Å². The first kappa shape index (κ1) is 14.4. The van der Waals surface area contributed by atoms with Gasteiger partial charge >= 0.3 is 5.97 Å². The van der Waals surface area contributed by atoms with Gasteiger partial charge in [-0.15, -0.1) is 0 Å². The summed E-state index contributed by atoms with van der Waals surface area (Å²) >= 11 is 0. The molecule has 21 heavy (non-hydrogen) atoms. The molecule has 0 unspecified atom stereocenters. The second-order valence-electron chi connectivity index (χ2n) is 4.16. The summed E-state index contributed by atoms with van der Waals surface area (Å²) in [4.78, 5) is 11.1. The minimum absolute atomic E-state index is 0.335. The number of hydrogen-bond acceptors (Lipinski definition) is 2. The van der Waals surface area contributed by atoms with Gasteiger partial charge in [0.15, 0.2) is 0 Å². The van der Waals surface area contributed by atoms with Crippen LogP contribution in [0.3, 0.4) is 0 Å². The van der Waals surface area contributed by atoms with Crippen LogP contribution in [0.15, 0.2) is 54.6 Å². The fourth-order valence-corrected chi connectivity index (χ4v) is 1.59. The summed E-state index contributed by atoms with van der Waals surface area (Å²) < 4.78 is 4.74. The van der Waals surface area contributed by atoms with Crippen LogP contribution in [-0.4, -0.2) is 12.6 Å². The van der Waals surface area contributed by atoms with E-state index in [0.29, 0.717) is 6.61 Å². The van der Waals surface area contributed by atoms with Crippen LogP contribution in [0.25, 0.3) is 0 Å². The van der Waals surface area contributed by atoms with E-state index >= 15 is 0 Å². The Morgan fingerprint density at radius 1 is 0.857 bits per heavy atom. The molecule has 2 aromatic carbocycles. The van der Waals surface area contributed by atoms with Gasteiger partial charge in [-0.25, -0.2) is 4.79 Å². The molecule has 0 spiro atoms. The van der Waals surface area contributed by atoms with Gasteiger partial charge in [0.2, 0.25) is 0 Å². The lowest BCUT2D eigenvalue weighted by molar-refractivity contribution is -0.136. The Labute approximate surface area is 124 Å². The Hall–Kier alpha value is -2.97. The van der Waals surface area contributed by atoms with Crippen molar-refractivity contribution < 1.29 is 9.53 Å². The average Bonchev–Trinajstić information content (AvgIpc) is 2.53. The van der Waals surface area contributed by atoms with Gasteiger partial charge in [0.1, 0.15) is 0 Å². The molecule has 0 atom stereocenters. The van der Waals surface area contributed by atoms with Gasteiger partial charge in [-0.3, -0.25) is 0 Å². The lowest BCUT2D eigenvalue weighted by Crippen LogP contribution is -1.99. The molecule has 0 aliphatic carbocycles. The smallest absolute Gasteiger partial charge is 0.384 e. The zero-order valence-corrected chi connectivity index (χ0v) is 11.7. The maximum absolute atomic E-state index is 11.1. The van der Waals surface area contributed by atoms with Crippen molar-refractivity contribution >= 4 is 5.97 Å². The monoisotopic (exact) mass is 274 g/mol. The molecule has 0 N–H and O–H groups in total. The fraction of sp³-hybridized carbons (Fsp3) is 0.105. The highest BCUT2D eigenvalue weighted by molar-refractivity contribution is 5.89. The van der Waals surface area contributed by atoms with Crippen molar-refractivity contribution in [3.63, 3.8) is 0 Å². The van der Waals surface area contributed by atoms with Gasteiger partial charge in [-0.2, -0.15) is 0 Å². The third kappa shape index (κ3) is 4.90. The van der Waals surface area contributed by atoms with Crippen molar-refractivity contribution in [1.82, 2.24) is 0 Å². The van der Waals surface area contributed by atoms with Gasteiger partial charge in [-0.1, -0.05) is 36.0 Å². The Kier molecular flexibility index (Phi) is 5.21. The summed E-state index contributed by atoms with van der Waals surface area (Å²) in [5.41, 5.74) is 2.64. The van der Waals surface area contributed by atoms with Crippen molar-refractivity contribution in [3.8, 4) is 23.7 Å². The zero-order chi connectivity index (χ0) is 14.9. The van der Waals surface area contributed by atoms with E-state index in [2.05, 4.69) is 23.7 Å². The van der Waals surface area contributed by atoms with E-state index in [1.54, 1.807) is 6.92 Å². The van der Waals surface area contributed by atoms with Gasteiger partial charge < -0.3 is 4.74 Å². The minimum Gasteiger partial charge on any atom is -0.456 e. The summed E-state index contributed by atoms with van der Waals surface area (Å²) in [6, 6.07) is 17.2. The fourth-order valence-electron chi connectivity index (χ4n) is 1.59. The Balaban J connectivity index is 2.06. The molecule has 0 fully saturated rings. The molecular weight excluding hydrogens is 260 g/mol. The minimum atomic E-state index is -0.509. The second kappa shape index (κ2) is 7.58. The predicted molar refractivity (Wildman–Crippen MR) is 82.4 cm³/mol. The normalized spacial score (nSPS) is 8.81. The van der Waals surface area contributed by atoms with Crippen LogP contribution in [0.2, 0.25) is 0 Å². The molecule has 0 aliphatic heterocycles. The van der Waals surface area contributed by atoms with Gasteiger partial charge in [-0.05, 0) is 43.3 Å². The predicted octanol–water partition coefficient (Wildman–Crippen LogP) is 3.00. The van der Waals surface area contributed by atoms with E-state index in [1.165, 1.54) is 0 Å². The second-order valence-corrected chi connectivity index (χ2v) is 4.16. The van der Waals surface area contributed by atoms with Crippen LogP contribution in [0.4, 0.5) is 0 Å². The molecule has 2 rings (SSSR count). The van der Waals surface area contributed by atoms with Crippen molar-refractivity contribution in [1.29, 1.82) is 0 Å². The van der Waals surface area contributed by atoms with Gasteiger partial charge in [0.25, 0.3) is 0 Å². The van der Waals surface area contributed by atoms with Crippen LogP contribution >= 0.6 is 0 Å². The molecule has 0 saturated carbocycles. The van der Waals surface area contributed by atoms with Crippen LogP contribution in [0, 0.1) is 23.7 Å². The highest BCUT2D eigenvalue weighted by atomic mass is 16.5. The van der Waals surface area contributed by atoms with E-state index in [1.807, 2.05) is 54.6 Å². The van der Waals surface area contributed by atoms with E-state index in [4.69, 9.17) is 4.74 Å². The van der Waals surface area contributed by atoms with E-state index in [0.717, 1.165) is 16.7 Å². The standard InChI is InChI=1S/C19H14O2/c1-2-21-19(20)15-14-18-12-10-17(11-13-18)9-8-16-6-4-3-5-7-16/h3-7,10-13H,2H2,1H3. The van der Waals surface area contributed by atoms with E-state index in [-0.39, 0.29) is 0 Å². The molecule has 0 amide bonds. The lowest BCUT2D eigenvalue weighted by Gasteiger charge is -1.93. The van der Waals surface area contributed by atoms with Crippen molar-refractivity contribution in [2.45, 2.75) is 6.92 Å². The maximum atomic E-state index is 11.1. The quantitative estimate of drug-likeness (QED) is 0.590. The topological polar surface area (TPSA) is 26.3 Å². The molecule has 2 nitrogen and oxygen atoms in total. The Morgan fingerprint density at radius 3 is 1.95 bits per heavy atom. The average molecular weight is 274 g/mol. The third-order valence-corrected chi connectivity index (χ3v) is 2.59. The lowest BCUT2D eigenvalue weighted by atomic mass is 10.1. The third-order valence-electron chi connectivity index (χ3n) is 2.59. The first-order valence-corrected chi connectivity index (χ1v) is 6.64. The molecule has 0 heterocycles. The maximum Gasteiger partial charge on any atom is 0.384 e. The van der Waals surface area contributed by atoms with Crippen LogP contribution in [-0.2, 0) is 9.53 Å². The Morgan fingerprint density at radius 2 is 1.38 bits per heavy atom. The highest BCUT2D eigenvalue weighted by Crippen LogP contribution is 2.03. The van der Waals surface area contributed by atoms with Gasteiger partial charge in [0.05, 0.1) is 6.61 Å². The molecule has 0 bridgehead atoms. The molecule has 2 aromatic rings. The molecule has 102 valence electrons. The number of esters is 1. The summed E-state index contributed by atoms with van der Waals surface area (Å²) in [5.74, 6) is 10.8. The number of hydrogen-bond donors (Lipinski definition) is 0. The number of benzene rings is 2. The van der Waals surface area contributed by atoms with E-state index in [9.17, 15) is 4.79 Å². The molecule has 0 saturated heterocycles. The van der Waals surface area contributed by atoms with Crippen LogP contribution in [0.5, 0.6) is 0 Å². The number of carbonyl (C=O) groups excluding carboxylic acids is 1. The van der Waals surface area contributed by atoms with Crippen molar-refractivity contribution in [3.05, 3.63) is 71.3 Å². The summed E-state index contributed by atoms with van der Waals surface area (Å²) in [5, 5.41) is 0. The highest BCUT2D eigenvalue weighted by Gasteiger charge is 1.93. The van der Waals surface area contributed by atoms with Crippen LogP contribution < -0.4 is 0 Å². The molecule has 0 radical (unpaired) electrons. The largest absolute Gasteiger partial charge is 0.456 e. The summed E-state index contributed by atoms with van der Waals surface area (Å²) in [7, 11) is 0. The molecule has 2 heteroatoms. The number of rotatable bonds is 1. The molecule has 0 aliphatic rings. The summed E-state index contributed by atoms with van der Waals surface area (Å²) in [6.45, 7) is 2.08. The SMILES string of the molecule is CCOC(=O)C#Cc1ccc(C#Cc2ccccc2)cc1. The van der Waals surface area contributed by atoms with Gasteiger partial charge in [0, 0.05) is 22.6 Å². The molecule has 0 aromatic heterocycles. The summed E-state index contributed by atoms with van der Waals surface area (Å²) in [6.07, 6.45) is 0. The van der Waals surface area contributed by atoms with Crippen LogP contribution in [0.1, 0.15) is 23.6 Å². The van der Waals surface area contributed by atoms with Crippen molar-refractivity contribution in [2.75, 3.05) is 6.61 Å². The molecular formula is C19H14O2. The van der Waals surface area contributed by atoms with Crippen molar-refractivity contribution in [2.24, 2.45) is 0 Å².